The van der Waals surface area contributed by atoms with Gasteiger partial charge in [-0.15, -0.1) is 6.58 Å². The third-order valence-corrected chi connectivity index (χ3v) is 2.28. The summed E-state index contributed by atoms with van der Waals surface area (Å²) in [7, 11) is 0. The molecule has 1 aliphatic heterocycles. The van der Waals surface area contributed by atoms with Crippen molar-refractivity contribution in [3.63, 3.8) is 0 Å². The van der Waals surface area contributed by atoms with Gasteiger partial charge in [-0.3, -0.25) is 14.4 Å². The Morgan fingerprint density at radius 2 is 2.37 bits per heavy atom. The third-order valence-electron chi connectivity index (χ3n) is 2.28. The highest BCUT2D eigenvalue weighted by Gasteiger charge is 2.21. The van der Waals surface area contributed by atoms with E-state index < -0.39 is 5.56 Å². The molecule has 1 amide bonds. The molecular formula is C12H16N2O5. The summed E-state index contributed by atoms with van der Waals surface area (Å²) >= 11 is 0. The summed E-state index contributed by atoms with van der Waals surface area (Å²) in [6.07, 6.45) is 5.29. The lowest BCUT2D eigenvalue weighted by Crippen LogP contribution is -2.12. The van der Waals surface area contributed by atoms with Crippen molar-refractivity contribution in [2.75, 3.05) is 5.32 Å². The molecule has 2 N–H and O–H groups in total. The zero-order chi connectivity index (χ0) is 14.3. The number of H-pyrrole nitrogens is 1. The number of carbonyl (C=O) groups excluding carboxylic acids is 2. The molecule has 7 nitrogen and oxygen atoms in total. The summed E-state index contributed by atoms with van der Waals surface area (Å²) < 4.78 is 9.29. The Morgan fingerprint density at radius 3 is 2.79 bits per heavy atom. The van der Waals surface area contributed by atoms with Crippen LogP contribution in [-0.4, -0.2) is 23.1 Å². The van der Waals surface area contributed by atoms with Crippen LogP contribution in [0.1, 0.15) is 26.2 Å². The molecule has 1 fully saturated rings. The summed E-state index contributed by atoms with van der Waals surface area (Å²) in [4.78, 5) is 31.4. The van der Waals surface area contributed by atoms with Gasteiger partial charge < -0.3 is 14.6 Å². The van der Waals surface area contributed by atoms with E-state index in [1.807, 2.05) is 5.16 Å². The normalized spacial score (nSPS) is 17.1. The van der Waals surface area contributed by atoms with Crippen molar-refractivity contribution in [3.8, 4) is 0 Å². The quantitative estimate of drug-likeness (QED) is 0.633. The first-order valence-corrected chi connectivity index (χ1v) is 5.77. The van der Waals surface area contributed by atoms with Crippen molar-refractivity contribution < 1.29 is 18.8 Å². The molecule has 1 aromatic rings. The van der Waals surface area contributed by atoms with Crippen LogP contribution in [0.5, 0.6) is 0 Å². The van der Waals surface area contributed by atoms with Gasteiger partial charge in [-0.25, -0.2) is 0 Å². The highest BCUT2D eigenvalue weighted by atomic mass is 16.5. The van der Waals surface area contributed by atoms with E-state index in [0.29, 0.717) is 6.42 Å². The maximum atomic E-state index is 10.6. The minimum absolute atomic E-state index is 0.0677. The van der Waals surface area contributed by atoms with Crippen molar-refractivity contribution in [2.24, 2.45) is 0 Å². The largest absolute Gasteiger partial charge is 0.462 e. The molecule has 1 unspecified atom stereocenters. The van der Waals surface area contributed by atoms with E-state index in [1.165, 1.54) is 6.92 Å². The second-order valence-electron chi connectivity index (χ2n) is 3.94. The van der Waals surface area contributed by atoms with E-state index >= 15 is 0 Å². The maximum absolute atomic E-state index is 10.6. The fraction of sp³-hybridized carbons (Fsp3) is 0.417. The molecule has 0 bridgehead atoms. The number of hydrogen-bond acceptors (Lipinski definition) is 5. The number of anilines is 1. The number of rotatable bonds is 3. The fourth-order valence-corrected chi connectivity index (χ4v) is 1.46. The Balaban J connectivity index is 0.000000191. The lowest BCUT2D eigenvalue weighted by Gasteiger charge is -2.02. The summed E-state index contributed by atoms with van der Waals surface area (Å²) in [5.74, 6) is -0.367. The van der Waals surface area contributed by atoms with Crippen LogP contribution in [-0.2, 0) is 14.3 Å². The molecule has 7 heteroatoms. The Hall–Kier alpha value is -2.31. The van der Waals surface area contributed by atoms with E-state index in [4.69, 9.17) is 4.74 Å². The summed E-state index contributed by atoms with van der Waals surface area (Å²) in [5, 5.41) is 4.31. The molecule has 1 saturated heterocycles. The van der Waals surface area contributed by atoms with Crippen LogP contribution in [0.4, 0.5) is 5.69 Å². The van der Waals surface area contributed by atoms with Gasteiger partial charge in [0.1, 0.15) is 18.1 Å². The molecule has 2 rings (SSSR count). The summed E-state index contributed by atoms with van der Waals surface area (Å²) in [6.45, 7) is 4.87. The van der Waals surface area contributed by atoms with Gasteiger partial charge in [-0.2, -0.15) is 5.16 Å². The van der Waals surface area contributed by atoms with Crippen molar-refractivity contribution in [1.29, 1.82) is 0 Å². The van der Waals surface area contributed by atoms with Crippen molar-refractivity contribution in [2.45, 2.75) is 32.3 Å². The van der Waals surface area contributed by atoms with Crippen LogP contribution < -0.4 is 10.9 Å². The average Bonchev–Trinajstić information content (AvgIpc) is 2.90. The molecule has 104 valence electrons. The summed E-state index contributed by atoms with van der Waals surface area (Å²) in [6, 6.07) is 0. The molecule has 0 saturated carbocycles. The molecule has 1 aliphatic rings. The van der Waals surface area contributed by atoms with Crippen LogP contribution in [0.3, 0.4) is 0 Å². The molecule has 0 aromatic carbocycles. The number of amides is 1. The first kappa shape index (κ1) is 14.7. The number of aromatic nitrogens is 1. The monoisotopic (exact) mass is 268 g/mol. The second kappa shape index (κ2) is 7.20. The standard InChI is InChI=1S/C7H10O2.C5H6N2O3/c1-2-3-6-4-5-7(8)9-6;1-3(8)6-4-2-10-7-5(4)9/h2,6H,1,3-5H2;2H,1H3,(H,6,8)(H,7,9). The number of nitrogens with one attached hydrogen (secondary N) is 2. The number of cyclic esters (lactones) is 1. The van der Waals surface area contributed by atoms with Gasteiger partial charge >= 0.3 is 11.5 Å². The number of aromatic amines is 1. The Kier molecular flexibility index (Phi) is 5.59. The predicted molar refractivity (Wildman–Crippen MR) is 67.6 cm³/mol. The third kappa shape index (κ3) is 5.24. The van der Waals surface area contributed by atoms with Gasteiger partial charge in [0.05, 0.1) is 0 Å². The van der Waals surface area contributed by atoms with Gasteiger partial charge in [0.15, 0.2) is 0 Å². The average molecular weight is 268 g/mol. The van der Waals surface area contributed by atoms with Gasteiger partial charge in [0.2, 0.25) is 5.91 Å². The first-order chi connectivity index (χ1) is 9.02. The molecule has 0 spiro atoms. The lowest BCUT2D eigenvalue weighted by atomic mass is 10.2. The minimum atomic E-state index is -0.435. The number of hydrogen-bond donors (Lipinski definition) is 2. The molecule has 1 aromatic heterocycles. The smallest absolute Gasteiger partial charge is 0.306 e. The minimum Gasteiger partial charge on any atom is -0.462 e. The van der Waals surface area contributed by atoms with Crippen LogP contribution >= 0.6 is 0 Å². The molecular weight excluding hydrogens is 252 g/mol. The van der Waals surface area contributed by atoms with E-state index in [9.17, 15) is 14.4 Å². The van der Waals surface area contributed by atoms with Gasteiger partial charge in [0.25, 0.3) is 0 Å². The zero-order valence-electron chi connectivity index (χ0n) is 10.6. The highest BCUT2D eigenvalue weighted by molar-refractivity contribution is 5.88. The Labute approximate surface area is 109 Å². The van der Waals surface area contributed by atoms with Crippen molar-refractivity contribution >= 4 is 17.6 Å². The SMILES string of the molecule is C=CCC1CCC(=O)O1.CC(=O)Nc1co[nH]c1=O. The molecule has 19 heavy (non-hydrogen) atoms. The molecule has 0 aliphatic carbocycles. The zero-order valence-corrected chi connectivity index (χ0v) is 10.6. The first-order valence-electron chi connectivity index (χ1n) is 5.77. The number of ether oxygens (including phenoxy) is 1. The molecule has 0 radical (unpaired) electrons. The molecule has 1 atom stereocenters. The van der Waals surface area contributed by atoms with Crippen LogP contribution in [0, 0.1) is 0 Å². The van der Waals surface area contributed by atoms with E-state index in [-0.39, 0.29) is 23.7 Å². The van der Waals surface area contributed by atoms with Crippen molar-refractivity contribution in [1.82, 2.24) is 5.16 Å². The molecule has 2 heterocycles. The topological polar surface area (TPSA) is 101 Å². The van der Waals surface area contributed by atoms with Crippen LogP contribution in [0.15, 0.2) is 28.2 Å². The van der Waals surface area contributed by atoms with Gasteiger partial charge in [-0.1, -0.05) is 6.08 Å². The predicted octanol–water partition coefficient (Wildman–Crippen LogP) is 1.19. The van der Waals surface area contributed by atoms with Crippen LogP contribution in [0.2, 0.25) is 0 Å². The van der Waals surface area contributed by atoms with Crippen LogP contribution in [0.25, 0.3) is 0 Å². The van der Waals surface area contributed by atoms with Crippen molar-refractivity contribution in [3.05, 3.63) is 29.3 Å². The van der Waals surface area contributed by atoms with E-state index in [2.05, 4.69) is 16.4 Å². The summed E-state index contributed by atoms with van der Waals surface area (Å²) in [5.41, 5.74) is -0.303. The highest BCUT2D eigenvalue weighted by Crippen LogP contribution is 2.16. The van der Waals surface area contributed by atoms with E-state index in [0.717, 1.165) is 19.1 Å². The van der Waals surface area contributed by atoms with Gasteiger partial charge in [0, 0.05) is 19.8 Å². The van der Waals surface area contributed by atoms with Gasteiger partial charge in [-0.05, 0) is 6.42 Å². The number of esters is 1. The fourth-order valence-electron chi connectivity index (χ4n) is 1.46. The lowest BCUT2D eigenvalue weighted by molar-refractivity contribution is -0.141. The second-order valence-corrected chi connectivity index (χ2v) is 3.94. The Bertz CT molecular complexity index is 502. The Morgan fingerprint density at radius 1 is 1.63 bits per heavy atom. The maximum Gasteiger partial charge on any atom is 0.306 e. The van der Waals surface area contributed by atoms with E-state index in [1.54, 1.807) is 6.08 Å². The number of carbonyl (C=O) groups is 2.